The van der Waals surface area contributed by atoms with Crippen LogP contribution in [0.4, 0.5) is 5.69 Å². The van der Waals surface area contributed by atoms with Crippen molar-refractivity contribution in [2.45, 2.75) is 19.8 Å². The number of rotatable bonds is 3. The Kier molecular flexibility index (Phi) is 3.17. The van der Waals surface area contributed by atoms with E-state index in [0.717, 1.165) is 0 Å². The Bertz CT molecular complexity index is 452. The number of benzene rings is 1. The molecular formula is C11H13NO4. The van der Waals surface area contributed by atoms with Gasteiger partial charge in [-0.05, 0) is 23.6 Å². The maximum Gasteiger partial charge on any atom is 0.338 e. The van der Waals surface area contributed by atoms with Gasteiger partial charge in [-0.15, -0.1) is 0 Å². The molecule has 5 heteroatoms. The Morgan fingerprint density at radius 1 is 1.19 bits per heavy atom. The van der Waals surface area contributed by atoms with Gasteiger partial charge in [0.2, 0.25) is 0 Å². The molecule has 0 saturated heterocycles. The number of hydrogen-bond acceptors (Lipinski definition) is 3. The molecule has 0 bridgehead atoms. The summed E-state index contributed by atoms with van der Waals surface area (Å²) in [5.74, 6) is -2.53. The van der Waals surface area contributed by atoms with Gasteiger partial charge in [-0.1, -0.05) is 13.8 Å². The highest BCUT2D eigenvalue weighted by Gasteiger charge is 2.20. The molecule has 0 spiro atoms. The van der Waals surface area contributed by atoms with Gasteiger partial charge in [0.15, 0.2) is 0 Å². The summed E-state index contributed by atoms with van der Waals surface area (Å²) in [6, 6.07) is 2.85. The van der Waals surface area contributed by atoms with Crippen molar-refractivity contribution in [1.82, 2.24) is 0 Å². The van der Waals surface area contributed by atoms with Crippen LogP contribution in [0.2, 0.25) is 0 Å². The maximum absolute atomic E-state index is 10.9. The van der Waals surface area contributed by atoms with Gasteiger partial charge in [-0.3, -0.25) is 0 Å². The van der Waals surface area contributed by atoms with Crippen LogP contribution in [0.5, 0.6) is 0 Å². The first-order valence-corrected chi connectivity index (χ1v) is 4.74. The van der Waals surface area contributed by atoms with Crippen molar-refractivity contribution >= 4 is 17.6 Å². The van der Waals surface area contributed by atoms with Crippen molar-refractivity contribution < 1.29 is 19.8 Å². The zero-order valence-corrected chi connectivity index (χ0v) is 9.02. The lowest BCUT2D eigenvalue weighted by atomic mass is 9.95. The highest BCUT2D eigenvalue weighted by molar-refractivity contribution is 6.05. The number of carbonyl (C=O) groups is 2. The minimum atomic E-state index is -1.33. The first kappa shape index (κ1) is 12.0. The highest BCUT2D eigenvalue weighted by Crippen LogP contribution is 2.24. The molecule has 1 rings (SSSR count). The number of nitrogens with two attached hydrogens (primary N) is 1. The average Bonchev–Trinajstić information content (AvgIpc) is 2.15. The van der Waals surface area contributed by atoms with E-state index < -0.39 is 11.9 Å². The van der Waals surface area contributed by atoms with E-state index in [-0.39, 0.29) is 22.7 Å². The minimum Gasteiger partial charge on any atom is -0.478 e. The summed E-state index contributed by atoms with van der Waals surface area (Å²) >= 11 is 0. The molecule has 0 aliphatic carbocycles. The number of carboxylic acid groups (broad SMARTS) is 2. The quantitative estimate of drug-likeness (QED) is 0.678. The number of nitrogen functional groups attached to an aromatic ring is 1. The van der Waals surface area contributed by atoms with Crippen LogP contribution >= 0.6 is 0 Å². The van der Waals surface area contributed by atoms with Crippen LogP contribution in [0.15, 0.2) is 12.1 Å². The van der Waals surface area contributed by atoms with Gasteiger partial charge in [0.25, 0.3) is 0 Å². The van der Waals surface area contributed by atoms with Crippen LogP contribution in [0.3, 0.4) is 0 Å². The Hall–Kier alpha value is -2.04. The fraction of sp³-hybridized carbons (Fsp3) is 0.273. The number of carboxylic acids is 2. The summed E-state index contributed by atoms with van der Waals surface area (Å²) in [5.41, 5.74) is 5.63. The number of hydrogen-bond donors (Lipinski definition) is 3. The molecule has 0 aliphatic rings. The third-order valence-electron chi connectivity index (χ3n) is 2.30. The van der Waals surface area contributed by atoms with Crippen molar-refractivity contribution in [1.29, 1.82) is 0 Å². The van der Waals surface area contributed by atoms with E-state index in [9.17, 15) is 9.59 Å². The van der Waals surface area contributed by atoms with E-state index >= 15 is 0 Å². The Labute approximate surface area is 92.5 Å². The summed E-state index contributed by atoms with van der Waals surface area (Å²) in [5, 5.41) is 17.8. The SMILES string of the molecule is CC(C)c1cc(N)c(C(=O)O)c(C(=O)O)c1. The van der Waals surface area contributed by atoms with Crippen LogP contribution in [0, 0.1) is 0 Å². The lowest BCUT2D eigenvalue weighted by Crippen LogP contribution is -2.12. The summed E-state index contributed by atoms with van der Waals surface area (Å²) in [4.78, 5) is 21.8. The van der Waals surface area contributed by atoms with E-state index in [1.54, 1.807) is 0 Å². The molecule has 0 radical (unpaired) electrons. The normalized spacial score (nSPS) is 10.4. The average molecular weight is 223 g/mol. The molecule has 0 amide bonds. The molecule has 0 fully saturated rings. The van der Waals surface area contributed by atoms with Gasteiger partial charge in [0.05, 0.1) is 11.1 Å². The van der Waals surface area contributed by atoms with Crippen molar-refractivity contribution in [3.05, 3.63) is 28.8 Å². The topological polar surface area (TPSA) is 101 Å². The van der Waals surface area contributed by atoms with E-state index in [0.29, 0.717) is 5.56 Å². The van der Waals surface area contributed by atoms with Gasteiger partial charge < -0.3 is 15.9 Å². The minimum absolute atomic E-state index is 0.0175. The fourth-order valence-corrected chi connectivity index (χ4v) is 1.43. The first-order valence-electron chi connectivity index (χ1n) is 4.74. The molecule has 1 aromatic carbocycles. The summed E-state index contributed by atoms with van der Waals surface area (Å²) in [6.45, 7) is 3.75. The first-order chi connectivity index (χ1) is 7.34. The van der Waals surface area contributed by atoms with Crippen LogP contribution < -0.4 is 5.73 Å². The van der Waals surface area contributed by atoms with Crippen molar-refractivity contribution in [3.63, 3.8) is 0 Å². The second kappa shape index (κ2) is 4.22. The molecule has 1 aromatic rings. The second-order valence-electron chi connectivity index (χ2n) is 3.80. The van der Waals surface area contributed by atoms with Crippen LogP contribution in [0.25, 0.3) is 0 Å². The second-order valence-corrected chi connectivity index (χ2v) is 3.80. The molecule has 5 nitrogen and oxygen atoms in total. The van der Waals surface area contributed by atoms with Gasteiger partial charge in [-0.2, -0.15) is 0 Å². The Morgan fingerprint density at radius 3 is 2.12 bits per heavy atom. The Morgan fingerprint density at radius 2 is 1.75 bits per heavy atom. The van der Waals surface area contributed by atoms with E-state index in [2.05, 4.69) is 0 Å². The zero-order chi connectivity index (χ0) is 12.5. The standard InChI is InChI=1S/C11H13NO4/c1-5(2)6-3-7(10(13)14)9(11(15)16)8(12)4-6/h3-5H,12H2,1-2H3,(H,13,14)(H,15,16). The smallest absolute Gasteiger partial charge is 0.338 e. The predicted octanol–water partition coefficient (Wildman–Crippen LogP) is 1.79. The summed E-state index contributed by atoms with van der Waals surface area (Å²) in [6.07, 6.45) is 0. The molecule has 16 heavy (non-hydrogen) atoms. The lowest BCUT2D eigenvalue weighted by Gasteiger charge is -2.11. The third-order valence-corrected chi connectivity index (χ3v) is 2.30. The molecule has 0 aromatic heterocycles. The fourth-order valence-electron chi connectivity index (χ4n) is 1.43. The van der Waals surface area contributed by atoms with Crippen LogP contribution in [0.1, 0.15) is 46.0 Å². The predicted molar refractivity (Wildman–Crippen MR) is 58.9 cm³/mol. The molecule has 0 heterocycles. The molecule has 0 saturated carbocycles. The van der Waals surface area contributed by atoms with E-state index in [1.807, 2.05) is 13.8 Å². The number of anilines is 1. The molecular weight excluding hydrogens is 210 g/mol. The summed E-state index contributed by atoms with van der Waals surface area (Å²) < 4.78 is 0. The lowest BCUT2D eigenvalue weighted by molar-refractivity contribution is 0.0652. The van der Waals surface area contributed by atoms with Gasteiger partial charge >= 0.3 is 11.9 Å². The van der Waals surface area contributed by atoms with Gasteiger partial charge in [0, 0.05) is 5.69 Å². The zero-order valence-electron chi connectivity index (χ0n) is 9.02. The van der Waals surface area contributed by atoms with Crippen molar-refractivity contribution in [2.75, 3.05) is 5.73 Å². The Balaban J connectivity index is 3.52. The number of aromatic carboxylic acids is 2. The molecule has 4 N–H and O–H groups in total. The molecule has 86 valence electrons. The van der Waals surface area contributed by atoms with Crippen molar-refractivity contribution in [2.24, 2.45) is 0 Å². The largest absolute Gasteiger partial charge is 0.478 e. The third kappa shape index (κ3) is 2.13. The van der Waals surface area contributed by atoms with Crippen molar-refractivity contribution in [3.8, 4) is 0 Å². The maximum atomic E-state index is 10.9. The van der Waals surface area contributed by atoms with Crippen LogP contribution in [-0.2, 0) is 0 Å². The highest BCUT2D eigenvalue weighted by atomic mass is 16.4. The van der Waals surface area contributed by atoms with E-state index in [4.69, 9.17) is 15.9 Å². The van der Waals surface area contributed by atoms with Gasteiger partial charge in [-0.25, -0.2) is 9.59 Å². The van der Waals surface area contributed by atoms with Gasteiger partial charge in [0.1, 0.15) is 0 Å². The van der Waals surface area contributed by atoms with E-state index in [1.165, 1.54) is 12.1 Å². The molecule has 0 atom stereocenters. The molecule has 0 unspecified atom stereocenters. The van der Waals surface area contributed by atoms with Crippen LogP contribution in [-0.4, -0.2) is 22.2 Å². The monoisotopic (exact) mass is 223 g/mol. The molecule has 0 aliphatic heterocycles. The summed E-state index contributed by atoms with van der Waals surface area (Å²) in [7, 11) is 0.